The molecule has 0 spiro atoms. The van der Waals surface area contributed by atoms with Gasteiger partial charge in [0, 0.05) is 19.0 Å². The molecule has 0 amide bonds. The SMILES string of the molecule is CCCNc1cc(Oc2ccc(CC)cc2)nc(CC)n1. The lowest BCUT2D eigenvalue weighted by Crippen LogP contribution is -2.05. The molecule has 1 aromatic carbocycles. The third kappa shape index (κ3) is 4.45. The van der Waals surface area contributed by atoms with Crippen LogP contribution in [0.3, 0.4) is 0 Å². The highest BCUT2D eigenvalue weighted by atomic mass is 16.5. The van der Waals surface area contributed by atoms with E-state index in [2.05, 4.69) is 41.3 Å². The van der Waals surface area contributed by atoms with Crippen molar-refractivity contribution in [2.75, 3.05) is 11.9 Å². The van der Waals surface area contributed by atoms with Gasteiger partial charge in [-0.1, -0.05) is 32.9 Å². The zero-order valence-electron chi connectivity index (χ0n) is 13.0. The predicted octanol–water partition coefficient (Wildman–Crippen LogP) is 4.22. The highest BCUT2D eigenvalue weighted by molar-refractivity contribution is 5.40. The second kappa shape index (κ2) is 7.62. The molecule has 1 N–H and O–H groups in total. The Bertz CT molecular complexity index is 567. The van der Waals surface area contributed by atoms with E-state index in [9.17, 15) is 0 Å². The average Bonchev–Trinajstić information content (AvgIpc) is 2.53. The van der Waals surface area contributed by atoms with Gasteiger partial charge in [-0.2, -0.15) is 4.98 Å². The van der Waals surface area contributed by atoms with Gasteiger partial charge in [0.15, 0.2) is 0 Å². The quantitative estimate of drug-likeness (QED) is 0.827. The summed E-state index contributed by atoms with van der Waals surface area (Å²) >= 11 is 0. The van der Waals surface area contributed by atoms with E-state index in [4.69, 9.17) is 4.74 Å². The smallest absolute Gasteiger partial charge is 0.224 e. The number of ether oxygens (including phenoxy) is 1. The first kappa shape index (κ1) is 15.3. The number of aryl methyl sites for hydroxylation is 2. The molecule has 1 heterocycles. The van der Waals surface area contributed by atoms with Crippen LogP contribution in [0.15, 0.2) is 30.3 Å². The Hall–Kier alpha value is -2.10. The van der Waals surface area contributed by atoms with Crippen LogP contribution in [0.4, 0.5) is 5.82 Å². The molecule has 0 aliphatic carbocycles. The van der Waals surface area contributed by atoms with Gasteiger partial charge in [-0.05, 0) is 30.5 Å². The topological polar surface area (TPSA) is 47.0 Å². The summed E-state index contributed by atoms with van der Waals surface area (Å²) in [7, 11) is 0. The minimum Gasteiger partial charge on any atom is -0.439 e. The van der Waals surface area contributed by atoms with E-state index < -0.39 is 0 Å². The molecule has 0 aliphatic heterocycles. The first-order chi connectivity index (χ1) is 10.2. The van der Waals surface area contributed by atoms with Crippen LogP contribution in [0.2, 0.25) is 0 Å². The zero-order chi connectivity index (χ0) is 15.1. The summed E-state index contributed by atoms with van der Waals surface area (Å²) in [5.74, 6) is 3.00. The Balaban J connectivity index is 2.16. The van der Waals surface area contributed by atoms with Crippen LogP contribution in [0, 0.1) is 0 Å². The maximum Gasteiger partial charge on any atom is 0.224 e. The second-order valence-electron chi connectivity index (χ2n) is 4.89. The van der Waals surface area contributed by atoms with Crippen LogP contribution in [0.25, 0.3) is 0 Å². The van der Waals surface area contributed by atoms with Crippen LogP contribution in [0.5, 0.6) is 11.6 Å². The minimum absolute atomic E-state index is 0.588. The van der Waals surface area contributed by atoms with Crippen molar-refractivity contribution in [1.82, 2.24) is 9.97 Å². The fourth-order valence-electron chi connectivity index (χ4n) is 1.94. The molecule has 0 aliphatic rings. The highest BCUT2D eigenvalue weighted by Gasteiger charge is 2.05. The van der Waals surface area contributed by atoms with Crippen molar-refractivity contribution in [1.29, 1.82) is 0 Å². The molecule has 112 valence electrons. The number of nitrogens with zero attached hydrogens (tertiary/aromatic N) is 2. The lowest BCUT2D eigenvalue weighted by molar-refractivity contribution is 0.459. The van der Waals surface area contributed by atoms with Crippen LogP contribution >= 0.6 is 0 Å². The van der Waals surface area contributed by atoms with Gasteiger partial charge in [0.2, 0.25) is 5.88 Å². The zero-order valence-corrected chi connectivity index (χ0v) is 13.0. The first-order valence-electron chi connectivity index (χ1n) is 7.63. The second-order valence-corrected chi connectivity index (χ2v) is 4.89. The highest BCUT2D eigenvalue weighted by Crippen LogP contribution is 2.22. The molecule has 0 bridgehead atoms. The van der Waals surface area contributed by atoms with E-state index >= 15 is 0 Å². The van der Waals surface area contributed by atoms with Gasteiger partial charge < -0.3 is 10.1 Å². The molecule has 0 unspecified atom stereocenters. The van der Waals surface area contributed by atoms with Gasteiger partial charge in [0.1, 0.15) is 17.4 Å². The van der Waals surface area contributed by atoms with Crippen LogP contribution in [-0.2, 0) is 12.8 Å². The number of anilines is 1. The van der Waals surface area contributed by atoms with Crippen molar-refractivity contribution in [2.24, 2.45) is 0 Å². The fourth-order valence-corrected chi connectivity index (χ4v) is 1.94. The fraction of sp³-hybridized carbons (Fsp3) is 0.412. The number of hydrogen-bond donors (Lipinski definition) is 1. The first-order valence-corrected chi connectivity index (χ1v) is 7.63. The Morgan fingerprint density at radius 1 is 1.00 bits per heavy atom. The van der Waals surface area contributed by atoms with E-state index in [-0.39, 0.29) is 0 Å². The normalized spacial score (nSPS) is 10.4. The molecular weight excluding hydrogens is 262 g/mol. The Kier molecular flexibility index (Phi) is 5.55. The number of aromatic nitrogens is 2. The third-order valence-electron chi connectivity index (χ3n) is 3.18. The van der Waals surface area contributed by atoms with Crippen LogP contribution < -0.4 is 10.1 Å². The molecule has 0 atom stereocenters. The lowest BCUT2D eigenvalue weighted by atomic mass is 10.2. The molecule has 0 saturated heterocycles. The average molecular weight is 285 g/mol. The summed E-state index contributed by atoms with van der Waals surface area (Å²) in [6, 6.07) is 9.96. The van der Waals surface area contributed by atoms with Gasteiger partial charge in [0.05, 0.1) is 0 Å². The number of nitrogens with one attached hydrogen (secondary N) is 1. The molecule has 0 fully saturated rings. The van der Waals surface area contributed by atoms with Crippen LogP contribution in [-0.4, -0.2) is 16.5 Å². The Morgan fingerprint density at radius 3 is 2.38 bits per heavy atom. The minimum atomic E-state index is 0.588. The molecule has 2 aromatic rings. The maximum atomic E-state index is 5.85. The molecule has 4 nitrogen and oxygen atoms in total. The third-order valence-corrected chi connectivity index (χ3v) is 3.18. The summed E-state index contributed by atoms with van der Waals surface area (Å²) in [5.41, 5.74) is 1.30. The number of benzene rings is 1. The van der Waals surface area contributed by atoms with E-state index in [0.717, 1.165) is 43.2 Å². The molecule has 21 heavy (non-hydrogen) atoms. The van der Waals surface area contributed by atoms with Gasteiger partial charge in [-0.25, -0.2) is 4.98 Å². The molecule has 1 aromatic heterocycles. The molecule has 0 radical (unpaired) electrons. The monoisotopic (exact) mass is 285 g/mol. The van der Waals surface area contributed by atoms with Crippen molar-refractivity contribution in [2.45, 2.75) is 40.0 Å². The summed E-state index contributed by atoms with van der Waals surface area (Å²) in [4.78, 5) is 8.88. The van der Waals surface area contributed by atoms with Crippen LogP contribution in [0.1, 0.15) is 38.6 Å². The van der Waals surface area contributed by atoms with Crippen molar-refractivity contribution in [3.63, 3.8) is 0 Å². The van der Waals surface area contributed by atoms with E-state index in [1.165, 1.54) is 5.56 Å². The Morgan fingerprint density at radius 2 is 1.76 bits per heavy atom. The van der Waals surface area contributed by atoms with Crippen molar-refractivity contribution >= 4 is 5.82 Å². The summed E-state index contributed by atoms with van der Waals surface area (Å²) in [6.07, 6.45) is 2.87. The van der Waals surface area contributed by atoms with Gasteiger partial charge in [0.25, 0.3) is 0 Å². The number of hydrogen-bond acceptors (Lipinski definition) is 4. The van der Waals surface area contributed by atoms with E-state index in [1.807, 2.05) is 25.1 Å². The largest absolute Gasteiger partial charge is 0.439 e. The summed E-state index contributed by atoms with van der Waals surface area (Å²) in [6.45, 7) is 7.20. The van der Waals surface area contributed by atoms with Gasteiger partial charge in [-0.3, -0.25) is 0 Å². The van der Waals surface area contributed by atoms with E-state index in [0.29, 0.717) is 5.88 Å². The predicted molar refractivity (Wildman–Crippen MR) is 86.1 cm³/mol. The van der Waals surface area contributed by atoms with Crippen molar-refractivity contribution in [3.8, 4) is 11.6 Å². The molecule has 2 rings (SSSR count). The summed E-state index contributed by atoms with van der Waals surface area (Å²) in [5, 5.41) is 3.28. The summed E-state index contributed by atoms with van der Waals surface area (Å²) < 4.78 is 5.85. The number of rotatable bonds is 7. The Labute approximate surface area is 126 Å². The lowest BCUT2D eigenvalue weighted by Gasteiger charge is -2.10. The van der Waals surface area contributed by atoms with Crippen molar-refractivity contribution in [3.05, 3.63) is 41.7 Å². The molecule has 4 heteroatoms. The van der Waals surface area contributed by atoms with Gasteiger partial charge >= 0.3 is 0 Å². The van der Waals surface area contributed by atoms with Gasteiger partial charge in [-0.15, -0.1) is 0 Å². The standard InChI is InChI=1S/C17H23N3O/c1-4-11-18-16-12-17(20-15(6-3)19-16)21-14-9-7-13(5-2)8-10-14/h7-10,12H,4-6,11H2,1-3H3,(H,18,19,20). The molecule has 0 saturated carbocycles. The van der Waals surface area contributed by atoms with Crippen molar-refractivity contribution < 1.29 is 4.74 Å². The van der Waals surface area contributed by atoms with E-state index in [1.54, 1.807) is 0 Å². The molecular formula is C17H23N3O. The maximum absolute atomic E-state index is 5.85.